The minimum atomic E-state index is -2.74. The Bertz CT molecular complexity index is 1480. The Morgan fingerprint density at radius 3 is 2.38 bits per heavy atom. The quantitative estimate of drug-likeness (QED) is 0.413. The van der Waals surface area contributed by atoms with Crippen molar-refractivity contribution in [2.75, 3.05) is 0 Å². The molecule has 2 saturated carbocycles. The number of halogens is 1. The lowest BCUT2D eigenvalue weighted by molar-refractivity contribution is -0.175. The highest BCUT2D eigenvalue weighted by molar-refractivity contribution is 6.31. The van der Waals surface area contributed by atoms with Crippen molar-refractivity contribution in [2.45, 2.75) is 38.3 Å². The van der Waals surface area contributed by atoms with Crippen LogP contribution in [0, 0.1) is 29.5 Å². The highest BCUT2D eigenvalue weighted by atomic mass is 19.1. The summed E-state index contributed by atoms with van der Waals surface area (Å²) in [6.07, 6.45) is -0.401. The Morgan fingerprint density at radius 1 is 1.10 bits per heavy atom. The Kier molecular flexibility index (Phi) is 6.21. The molecule has 3 aliphatic rings. The summed E-state index contributed by atoms with van der Waals surface area (Å²) in [7, 11) is 0. The monoisotopic (exact) mass is 536 g/mol. The summed E-state index contributed by atoms with van der Waals surface area (Å²) in [4.78, 5) is 76.5. The number of hydrogen-bond acceptors (Lipinski definition) is 8. The smallest absolute Gasteiger partial charge is 0.235 e. The Morgan fingerprint density at radius 2 is 1.77 bits per heavy atom. The van der Waals surface area contributed by atoms with E-state index in [1.807, 2.05) is 0 Å². The highest BCUT2D eigenvalue weighted by Crippen LogP contribution is 2.51. The number of nitrogens with one attached hydrogen (secondary N) is 1. The minimum Gasteiger partial charge on any atom is -0.507 e. The molecule has 39 heavy (non-hydrogen) atoms. The van der Waals surface area contributed by atoms with Gasteiger partial charge < -0.3 is 21.3 Å². The number of Topliss-reactive ketones (excluding diaryl/α,β-unsaturated/α-hetero) is 4. The molecule has 0 aromatic heterocycles. The van der Waals surface area contributed by atoms with Crippen LogP contribution in [0.1, 0.15) is 41.3 Å². The first-order valence-corrected chi connectivity index (χ1v) is 12.4. The van der Waals surface area contributed by atoms with Gasteiger partial charge in [-0.15, -0.1) is 0 Å². The molecule has 0 heterocycles. The van der Waals surface area contributed by atoms with Gasteiger partial charge in [-0.3, -0.25) is 28.8 Å². The predicted octanol–water partition coefficient (Wildman–Crippen LogP) is 0.769. The topological polar surface area (TPSA) is 181 Å². The van der Waals surface area contributed by atoms with Crippen molar-refractivity contribution >= 4 is 34.9 Å². The van der Waals surface area contributed by atoms with E-state index < -0.39 is 82.2 Å². The van der Waals surface area contributed by atoms with Crippen LogP contribution in [-0.2, 0) is 36.9 Å². The third kappa shape index (κ3) is 3.95. The largest absolute Gasteiger partial charge is 0.507 e. The van der Waals surface area contributed by atoms with Crippen molar-refractivity contribution in [3.8, 4) is 16.9 Å². The molecule has 0 bridgehead atoms. The molecule has 202 valence electrons. The van der Waals surface area contributed by atoms with Crippen LogP contribution in [0.15, 0.2) is 30.3 Å². The van der Waals surface area contributed by atoms with Gasteiger partial charge in [0.1, 0.15) is 11.6 Å². The number of phenols is 1. The zero-order chi connectivity index (χ0) is 28.4. The average molecular weight is 537 g/mol. The number of rotatable bonds is 4. The number of carbonyl (C=O) groups is 6. The molecule has 2 aromatic carbocycles. The maximum atomic E-state index is 13.9. The van der Waals surface area contributed by atoms with Crippen molar-refractivity contribution in [3.63, 3.8) is 0 Å². The van der Waals surface area contributed by atoms with Gasteiger partial charge in [-0.05, 0) is 53.6 Å². The van der Waals surface area contributed by atoms with Crippen molar-refractivity contribution in [1.82, 2.24) is 5.32 Å². The van der Waals surface area contributed by atoms with E-state index in [4.69, 9.17) is 5.73 Å². The van der Waals surface area contributed by atoms with Crippen LogP contribution < -0.4 is 11.1 Å². The van der Waals surface area contributed by atoms with Crippen molar-refractivity contribution in [3.05, 3.63) is 52.8 Å². The first-order chi connectivity index (χ1) is 18.4. The van der Waals surface area contributed by atoms with E-state index >= 15 is 0 Å². The van der Waals surface area contributed by atoms with Crippen LogP contribution in [0.2, 0.25) is 0 Å². The summed E-state index contributed by atoms with van der Waals surface area (Å²) in [5, 5.41) is 25.0. The number of ketones is 4. The second-order valence-corrected chi connectivity index (χ2v) is 10.4. The van der Waals surface area contributed by atoms with Gasteiger partial charge in [0.15, 0.2) is 34.7 Å². The van der Waals surface area contributed by atoms with Gasteiger partial charge >= 0.3 is 0 Å². The lowest BCUT2D eigenvalue weighted by atomic mass is 9.53. The molecule has 0 radical (unpaired) electrons. The number of amides is 2. The number of aromatic hydroxyl groups is 1. The van der Waals surface area contributed by atoms with Gasteiger partial charge in [0, 0.05) is 31.4 Å². The van der Waals surface area contributed by atoms with Gasteiger partial charge in [-0.1, -0.05) is 12.1 Å². The Labute approximate surface area is 221 Å². The summed E-state index contributed by atoms with van der Waals surface area (Å²) >= 11 is 0. The molecule has 5 rings (SSSR count). The maximum absolute atomic E-state index is 13.9. The summed E-state index contributed by atoms with van der Waals surface area (Å²) < 4.78 is 13.7. The summed E-state index contributed by atoms with van der Waals surface area (Å²) in [6, 6.07) is 7.03. The van der Waals surface area contributed by atoms with E-state index in [1.165, 1.54) is 31.2 Å². The molecule has 2 amide bonds. The number of aliphatic hydroxyl groups is 1. The number of primary amides is 1. The van der Waals surface area contributed by atoms with E-state index in [0.717, 1.165) is 0 Å². The normalized spacial score (nSPS) is 27.9. The zero-order valence-corrected chi connectivity index (χ0v) is 20.8. The van der Waals surface area contributed by atoms with Gasteiger partial charge in [0.25, 0.3) is 0 Å². The molecule has 11 heteroatoms. The van der Waals surface area contributed by atoms with E-state index in [0.29, 0.717) is 16.7 Å². The average Bonchev–Trinajstić information content (AvgIpc) is 2.86. The van der Waals surface area contributed by atoms with Crippen LogP contribution in [0.25, 0.3) is 11.1 Å². The fraction of sp³-hybridized carbons (Fsp3) is 0.357. The highest BCUT2D eigenvalue weighted by Gasteiger charge is 2.66. The lowest BCUT2D eigenvalue weighted by Gasteiger charge is -2.48. The SMILES string of the molecule is CC(=O)NCc1cc(-c2ccc(F)cc2)c2c(c1O)C(=O)C1C(=O)[C@]3(O)C(=O)C(C(N)=O)C(=O)C[C@@H]3C[C@@H]1C2. The molecular formula is C28H25FN2O8. The van der Waals surface area contributed by atoms with E-state index in [1.54, 1.807) is 6.07 Å². The maximum Gasteiger partial charge on any atom is 0.235 e. The van der Waals surface area contributed by atoms with E-state index in [-0.39, 0.29) is 30.5 Å². The molecule has 3 aliphatic carbocycles. The number of carbonyl (C=O) groups excluding carboxylic acids is 6. The molecule has 2 unspecified atom stereocenters. The second kappa shape index (κ2) is 9.19. The number of hydrogen-bond donors (Lipinski definition) is 4. The first-order valence-electron chi connectivity index (χ1n) is 12.4. The van der Waals surface area contributed by atoms with Crippen LogP contribution in [0.3, 0.4) is 0 Å². The van der Waals surface area contributed by atoms with Crippen molar-refractivity contribution in [1.29, 1.82) is 0 Å². The van der Waals surface area contributed by atoms with E-state index in [2.05, 4.69) is 5.32 Å². The summed E-state index contributed by atoms with van der Waals surface area (Å²) in [5.41, 5.74) is 3.83. The van der Waals surface area contributed by atoms with Crippen molar-refractivity contribution in [2.24, 2.45) is 29.4 Å². The number of phenolic OH excluding ortho intramolecular Hbond substituents is 1. The van der Waals surface area contributed by atoms with Gasteiger partial charge in [0.2, 0.25) is 11.8 Å². The van der Waals surface area contributed by atoms with Gasteiger partial charge in [-0.25, -0.2) is 4.39 Å². The van der Waals surface area contributed by atoms with Crippen LogP contribution in [0.5, 0.6) is 5.75 Å². The Balaban J connectivity index is 1.65. The fourth-order valence-corrected chi connectivity index (χ4v) is 6.33. The first kappa shape index (κ1) is 26.4. The zero-order valence-electron chi connectivity index (χ0n) is 20.8. The fourth-order valence-electron chi connectivity index (χ4n) is 6.33. The number of benzene rings is 2. The molecule has 0 spiro atoms. The second-order valence-electron chi connectivity index (χ2n) is 10.4. The molecule has 0 aliphatic heterocycles. The number of fused-ring (bicyclic) bond motifs is 3. The molecular weight excluding hydrogens is 511 g/mol. The molecule has 2 fully saturated rings. The number of nitrogens with two attached hydrogens (primary N) is 1. The molecule has 10 nitrogen and oxygen atoms in total. The standard InChI is InChI=1S/C28H25FN2O8/c1-11(32)31-10-14-8-17(12-2-4-16(29)5-3-12)18-7-13-6-15-9-19(33)22(27(30)38)26(37)28(15,39)25(36)20(13)24(35)21(18)23(14)34/h2-5,8,13,15,20,22,34,39H,6-7,9-10H2,1H3,(H2,30,38)(H,31,32)/t13-,15+,20?,22?,28+/m1/s1. The third-order valence-electron chi connectivity index (χ3n) is 8.16. The lowest BCUT2D eigenvalue weighted by Crippen LogP contribution is -2.68. The van der Waals surface area contributed by atoms with Crippen molar-refractivity contribution < 1.29 is 43.4 Å². The summed E-state index contributed by atoms with van der Waals surface area (Å²) in [6.45, 7) is 1.13. The molecule has 2 aromatic rings. The predicted molar refractivity (Wildman–Crippen MR) is 131 cm³/mol. The van der Waals surface area contributed by atoms with E-state index in [9.17, 15) is 43.4 Å². The minimum absolute atomic E-state index is 0.0433. The molecule has 0 saturated heterocycles. The van der Waals surface area contributed by atoms with Crippen LogP contribution in [0.4, 0.5) is 4.39 Å². The van der Waals surface area contributed by atoms with Gasteiger partial charge in [-0.2, -0.15) is 0 Å². The molecule has 5 atom stereocenters. The van der Waals surface area contributed by atoms with Crippen LogP contribution in [-0.4, -0.2) is 50.8 Å². The third-order valence-corrected chi connectivity index (χ3v) is 8.16. The van der Waals surface area contributed by atoms with Gasteiger partial charge in [0.05, 0.1) is 11.5 Å². The molecule has 5 N–H and O–H groups in total. The summed E-state index contributed by atoms with van der Waals surface area (Å²) in [5.74, 6) is -12.1. The van der Waals surface area contributed by atoms with Crippen LogP contribution >= 0.6 is 0 Å². The Hall–Kier alpha value is -4.25.